The van der Waals surface area contributed by atoms with Gasteiger partial charge in [-0.25, -0.2) is 4.98 Å². The number of nitrogens with one attached hydrogen (secondary N) is 1. The maximum atomic E-state index is 12.1. The molecule has 2 aromatic rings. The van der Waals surface area contributed by atoms with E-state index in [0.29, 0.717) is 18.9 Å². The first-order valence-electron chi connectivity index (χ1n) is 6.65. The maximum absolute atomic E-state index is 12.1. The van der Waals surface area contributed by atoms with Gasteiger partial charge in [-0.3, -0.25) is 4.79 Å². The molecule has 1 N–H and O–H groups in total. The number of hydrogen-bond donors (Lipinski definition) is 1. The van der Waals surface area contributed by atoms with Gasteiger partial charge in [0.05, 0.1) is 12.5 Å². The lowest BCUT2D eigenvalue weighted by Gasteiger charge is -2.12. The summed E-state index contributed by atoms with van der Waals surface area (Å²) in [5.41, 5.74) is 3.13. The summed E-state index contributed by atoms with van der Waals surface area (Å²) in [5.74, 6) is 0.623. The molecule has 2 heterocycles. The zero-order valence-electron chi connectivity index (χ0n) is 11.3. The first-order valence-corrected chi connectivity index (χ1v) is 6.65. The third kappa shape index (κ3) is 2.50. The quantitative estimate of drug-likeness (QED) is 0.928. The zero-order chi connectivity index (χ0) is 13.9. The summed E-state index contributed by atoms with van der Waals surface area (Å²) in [6, 6.07) is 11.6. The topological polar surface area (TPSA) is 51.2 Å². The Hall–Kier alpha value is -2.36. The Morgan fingerprint density at radius 2 is 2.20 bits per heavy atom. The smallest absolute Gasteiger partial charge is 0.225 e. The highest BCUT2D eigenvalue weighted by molar-refractivity contribution is 5.79. The predicted molar refractivity (Wildman–Crippen MR) is 75.5 cm³/mol. The molecule has 0 fully saturated rings. The van der Waals surface area contributed by atoms with Gasteiger partial charge in [0.1, 0.15) is 6.61 Å². The lowest BCUT2D eigenvalue weighted by Crippen LogP contribution is -2.30. The Labute approximate surface area is 117 Å². The monoisotopic (exact) mass is 268 g/mol. The average molecular weight is 268 g/mol. The van der Waals surface area contributed by atoms with Crippen LogP contribution in [0.15, 0.2) is 42.6 Å². The third-order valence-electron chi connectivity index (χ3n) is 3.51. The van der Waals surface area contributed by atoms with Crippen LogP contribution in [-0.2, 0) is 11.2 Å². The van der Waals surface area contributed by atoms with E-state index in [9.17, 15) is 4.79 Å². The van der Waals surface area contributed by atoms with Crippen molar-refractivity contribution in [2.24, 2.45) is 0 Å². The van der Waals surface area contributed by atoms with Crippen LogP contribution < -0.4 is 10.1 Å². The highest BCUT2D eigenvalue weighted by Gasteiger charge is 2.26. The molecule has 1 amide bonds. The van der Waals surface area contributed by atoms with E-state index >= 15 is 0 Å². The number of carbonyl (C=O) groups excluding carboxylic acids is 1. The predicted octanol–water partition coefficient (Wildman–Crippen LogP) is 2.18. The number of rotatable bonds is 3. The van der Waals surface area contributed by atoms with Crippen LogP contribution in [0.1, 0.15) is 22.7 Å². The van der Waals surface area contributed by atoms with Crippen LogP contribution in [0.5, 0.6) is 5.88 Å². The second kappa shape index (κ2) is 5.33. The molecule has 3 rings (SSSR count). The molecule has 1 aromatic heterocycles. The summed E-state index contributed by atoms with van der Waals surface area (Å²) in [7, 11) is 0. The lowest BCUT2D eigenvalue weighted by atomic mass is 10.0. The van der Waals surface area contributed by atoms with Gasteiger partial charge in [0.2, 0.25) is 11.8 Å². The molecule has 4 heteroatoms. The molecule has 1 atom stereocenters. The van der Waals surface area contributed by atoms with Gasteiger partial charge in [0.15, 0.2) is 0 Å². The molecule has 4 nitrogen and oxygen atoms in total. The van der Waals surface area contributed by atoms with Crippen molar-refractivity contribution in [3.8, 4) is 5.88 Å². The molecule has 1 aromatic carbocycles. The van der Waals surface area contributed by atoms with Crippen molar-refractivity contribution in [3.63, 3.8) is 0 Å². The molecule has 1 unspecified atom stereocenters. The van der Waals surface area contributed by atoms with Crippen molar-refractivity contribution < 1.29 is 9.53 Å². The minimum absolute atomic E-state index is 0.00426. The van der Waals surface area contributed by atoms with Crippen LogP contribution in [0, 0.1) is 6.92 Å². The Balaban J connectivity index is 1.68. The van der Waals surface area contributed by atoms with Gasteiger partial charge in [-0.15, -0.1) is 0 Å². The molecule has 1 aliphatic rings. The van der Waals surface area contributed by atoms with Gasteiger partial charge in [-0.05, 0) is 30.2 Å². The summed E-state index contributed by atoms with van der Waals surface area (Å²) in [5, 5.41) is 3.01. The lowest BCUT2D eigenvalue weighted by molar-refractivity contribution is -0.121. The van der Waals surface area contributed by atoms with Gasteiger partial charge >= 0.3 is 0 Å². The van der Waals surface area contributed by atoms with E-state index in [1.54, 1.807) is 6.20 Å². The van der Waals surface area contributed by atoms with E-state index in [-0.39, 0.29) is 11.9 Å². The highest BCUT2D eigenvalue weighted by atomic mass is 16.5. The molecule has 0 saturated carbocycles. The molecule has 0 bridgehead atoms. The Bertz CT molecular complexity index is 640. The Morgan fingerprint density at radius 1 is 1.35 bits per heavy atom. The number of benzene rings is 1. The van der Waals surface area contributed by atoms with Crippen LogP contribution >= 0.6 is 0 Å². The van der Waals surface area contributed by atoms with E-state index in [1.165, 1.54) is 0 Å². The van der Waals surface area contributed by atoms with Crippen LogP contribution in [0.4, 0.5) is 0 Å². The number of aromatic nitrogens is 1. The molecular weight excluding hydrogens is 252 g/mol. The minimum atomic E-state index is -0.102. The standard InChI is InChI=1S/C16H16N2O2/c1-11-5-2-3-6-12(11)9-15(19)18-14-10-20-16-13(14)7-4-8-17-16/h2-8,14H,9-10H2,1H3,(H,18,19). The molecule has 20 heavy (non-hydrogen) atoms. The largest absolute Gasteiger partial charge is 0.475 e. The molecule has 0 radical (unpaired) electrons. The summed E-state index contributed by atoms with van der Waals surface area (Å²) in [4.78, 5) is 16.3. The normalized spacial score (nSPS) is 16.4. The number of pyridine rings is 1. The van der Waals surface area contributed by atoms with Crippen LogP contribution in [0.2, 0.25) is 0 Å². The van der Waals surface area contributed by atoms with Crippen molar-refractivity contribution in [1.82, 2.24) is 10.3 Å². The third-order valence-corrected chi connectivity index (χ3v) is 3.51. The molecule has 0 spiro atoms. The van der Waals surface area contributed by atoms with Crippen molar-refractivity contribution in [2.75, 3.05) is 6.61 Å². The minimum Gasteiger partial charge on any atom is -0.475 e. The highest BCUT2D eigenvalue weighted by Crippen LogP contribution is 2.29. The number of carbonyl (C=O) groups is 1. The number of amides is 1. The SMILES string of the molecule is Cc1ccccc1CC(=O)NC1COc2ncccc21. The van der Waals surface area contributed by atoms with Crippen molar-refractivity contribution in [3.05, 3.63) is 59.3 Å². The second-order valence-corrected chi connectivity index (χ2v) is 4.93. The molecule has 0 saturated heterocycles. The fourth-order valence-electron chi connectivity index (χ4n) is 2.39. The van der Waals surface area contributed by atoms with Gasteiger partial charge in [0, 0.05) is 11.8 Å². The molecule has 0 aliphatic carbocycles. The Kier molecular flexibility index (Phi) is 3.37. The van der Waals surface area contributed by atoms with Crippen molar-refractivity contribution in [2.45, 2.75) is 19.4 Å². The van der Waals surface area contributed by atoms with Crippen molar-refractivity contribution >= 4 is 5.91 Å². The average Bonchev–Trinajstić information content (AvgIpc) is 2.85. The van der Waals surface area contributed by atoms with E-state index < -0.39 is 0 Å². The fraction of sp³-hybridized carbons (Fsp3) is 0.250. The first-order chi connectivity index (χ1) is 9.74. The maximum Gasteiger partial charge on any atom is 0.225 e. The number of ether oxygens (including phenoxy) is 1. The van der Waals surface area contributed by atoms with E-state index in [2.05, 4.69) is 10.3 Å². The van der Waals surface area contributed by atoms with Gasteiger partial charge in [-0.2, -0.15) is 0 Å². The first kappa shape index (κ1) is 12.7. The molecule has 1 aliphatic heterocycles. The van der Waals surface area contributed by atoms with Crippen LogP contribution in [0.25, 0.3) is 0 Å². The fourth-order valence-corrected chi connectivity index (χ4v) is 2.39. The van der Waals surface area contributed by atoms with Crippen molar-refractivity contribution in [1.29, 1.82) is 0 Å². The van der Waals surface area contributed by atoms with Gasteiger partial charge < -0.3 is 10.1 Å². The summed E-state index contributed by atoms with van der Waals surface area (Å²) in [6.45, 7) is 2.46. The molecule has 102 valence electrons. The van der Waals surface area contributed by atoms with Gasteiger partial charge in [-0.1, -0.05) is 24.3 Å². The zero-order valence-corrected chi connectivity index (χ0v) is 11.3. The number of aryl methyl sites for hydroxylation is 1. The number of hydrogen-bond acceptors (Lipinski definition) is 3. The van der Waals surface area contributed by atoms with Gasteiger partial charge in [0.25, 0.3) is 0 Å². The summed E-state index contributed by atoms with van der Waals surface area (Å²) in [6.07, 6.45) is 2.08. The number of nitrogens with zero attached hydrogens (tertiary/aromatic N) is 1. The van der Waals surface area contributed by atoms with Crippen LogP contribution in [0.3, 0.4) is 0 Å². The summed E-state index contributed by atoms with van der Waals surface area (Å²) < 4.78 is 5.46. The Morgan fingerprint density at radius 3 is 3.05 bits per heavy atom. The van der Waals surface area contributed by atoms with E-state index in [1.807, 2.05) is 43.3 Å². The van der Waals surface area contributed by atoms with E-state index in [4.69, 9.17) is 4.74 Å². The second-order valence-electron chi connectivity index (χ2n) is 4.93. The number of fused-ring (bicyclic) bond motifs is 1. The van der Waals surface area contributed by atoms with Crippen LogP contribution in [-0.4, -0.2) is 17.5 Å². The molecular formula is C16H16N2O2. The summed E-state index contributed by atoms with van der Waals surface area (Å²) >= 11 is 0. The van der Waals surface area contributed by atoms with E-state index in [0.717, 1.165) is 16.7 Å².